The molecule has 0 spiro atoms. The zero-order chi connectivity index (χ0) is 12.8. The Morgan fingerprint density at radius 1 is 1.00 bits per heavy atom. The van der Waals surface area contributed by atoms with Gasteiger partial charge in [-0.15, -0.1) is 0 Å². The first-order valence-corrected chi connectivity index (χ1v) is 7.09. The normalized spacial score (nSPS) is 23.2. The SMILES string of the molecule is O=C1CCN([C@H]2Cc3cccc4cccc2c34)CC1. The summed E-state index contributed by atoms with van der Waals surface area (Å²) in [6, 6.07) is 13.7. The Morgan fingerprint density at radius 3 is 2.53 bits per heavy atom. The molecule has 2 aromatic carbocycles. The van der Waals surface area contributed by atoms with Crippen LogP contribution >= 0.6 is 0 Å². The summed E-state index contributed by atoms with van der Waals surface area (Å²) in [6.07, 6.45) is 2.55. The molecule has 4 rings (SSSR count). The Labute approximate surface area is 113 Å². The molecule has 0 amide bonds. The van der Waals surface area contributed by atoms with Crippen LogP contribution in [0.1, 0.15) is 30.0 Å². The topological polar surface area (TPSA) is 20.3 Å². The van der Waals surface area contributed by atoms with Crippen molar-refractivity contribution in [2.24, 2.45) is 0 Å². The van der Waals surface area contributed by atoms with Crippen LogP contribution < -0.4 is 0 Å². The summed E-state index contributed by atoms with van der Waals surface area (Å²) < 4.78 is 0. The highest BCUT2D eigenvalue weighted by Gasteiger charge is 2.30. The van der Waals surface area contributed by atoms with Crippen molar-refractivity contribution < 1.29 is 4.79 Å². The molecule has 19 heavy (non-hydrogen) atoms. The van der Waals surface area contributed by atoms with E-state index in [1.165, 1.54) is 21.9 Å². The Morgan fingerprint density at radius 2 is 1.74 bits per heavy atom. The van der Waals surface area contributed by atoms with Gasteiger partial charge in [-0.05, 0) is 28.3 Å². The van der Waals surface area contributed by atoms with Gasteiger partial charge in [0.2, 0.25) is 0 Å². The first-order valence-electron chi connectivity index (χ1n) is 7.09. The second-order valence-corrected chi connectivity index (χ2v) is 5.66. The minimum Gasteiger partial charge on any atom is -0.300 e. The predicted molar refractivity (Wildman–Crippen MR) is 76.2 cm³/mol. The summed E-state index contributed by atoms with van der Waals surface area (Å²) in [4.78, 5) is 13.9. The average molecular weight is 251 g/mol. The Hall–Kier alpha value is -1.67. The molecule has 1 heterocycles. The minimum absolute atomic E-state index is 0.421. The van der Waals surface area contributed by atoms with E-state index in [9.17, 15) is 4.79 Å². The number of nitrogens with zero attached hydrogens (tertiary/aromatic N) is 1. The van der Waals surface area contributed by atoms with Gasteiger partial charge in [0.15, 0.2) is 0 Å². The van der Waals surface area contributed by atoms with E-state index < -0.39 is 0 Å². The number of benzene rings is 2. The number of Topliss-reactive ketones (excluding diaryl/α,β-unsaturated/α-hetero) is 1. The van der Waals surface area contributed by atoms with Gasteiger partial charge in [-0.25, -0.2) is 0 Å². The number of carbonyl (C=O) groups excluding carboxylic acids is 1. The van der Waals surface area contributed by atoms with Crippen molar-refractivity contribution in [3.05, 3.63) is 47.5 Å². The van der Waals surface area contributed by atoms with Crippen LogP contribution in [-0.4, -0.2) is 23.8 Å². The van der Waals surface area contributed by atoms with Crippen molar-refractivity contribution in [1.29, 1.82) is 0 Å². The summed E-state index contributed by atoms with van der Waals surface area (Å²) in [5, 5.41) is 2.80. The lowest BCUT2D eigenvalue weighted by Crippen LogP contribution is -2.36. The molecule has 2 nitrogen and oxygen atoms in total. The van der Waals surface area contributed by atoms with E-state index in [4.69, 9.17) is 0 Å². The molecule has 2 aromatic rings. The van der Waals surface area contributed by atoms with Crippen LogP contribution in [0, 0.1) is 0 Å². The van der Waals surface area contributed by atoms with Gasteiger partial charge in [-0.2, -0.15) is 0 Å². The molecule has 0 saturated carbocycles. The lowest BCUT2D eigenvalue weighted by molar-refractivity contribution is -0.121. The smallest absolute Gasteiger partial charge is 0.135 e. The molecule has 0 unspecified atom stereocenters. The maximum absolute atomic E-state index is 11.4. The van der Waals surface area contributed by atoms with E-state index in [1.807, 2.05) is 0 Å². The summed E-state index contributed by atoms with van der Waals surface area (Å²) >= 11 is 0. The second kappa shape index (κ2) is 4.17. The van der Waals surface area contributed by atoms with Gasteiger partial charge in [0.05, 0.1) is 0 Å². The summed E-state index contributed by atoms with van der Waals surface area (Å²) in [5.41, 5.74) is 2.93. The highest BCUT2D eigenvalue weighted by molar-refractivity contribution is 5.91. The number of piperidine rings is 1. The molecule has 1 saturated heterocycles. The summed E-state index contributed by atoms with van der Waals surface area (Å²) in [6.45, 7) is 1.85. The van der Waals surface area contributed by atoms with Crippen LogP contribution in [-0.2, 0) is 11.2 Å². The fourth-order valence-corrected chi connectivity index (χ4v) is 3.63. The third-order valence-corrected chi connectivity index (χ3v) is 4.59. The lowest BCUT2D eigenvalue weighted by Gasteiger charge is -2.32. The van der Waals surface area contributed by atoms with Crippen molar-refractivity contribution in [2.45, 2.75) is 25.3 Å². The highest BCUT2D eigenvalue weighted by atomic mass is 16.1. The maximum Gasteiger partial charge on any atom is 0.135 e. The van der Waals surface area contributed by atoms with Crippen molar-refractivity contribution in [1.82, 2.24) is 4.90 Å². The minimum atomic E-state index is 0.421. The molecule has 2 heteroatoms. The second-order valence-electron chi connectivity index (χ2n) is 5.66. The number of rotatable bonds is 1. The number of likely N-dealkylation sites (tertiary alicyclic amines) is 1. The average Bonchev–Trinajstić information content (AvgIpc) is 2.82. The molecule has 0 N–H and O–H groups in total. The third kappa shape index (κ3) is 1.71. The van der Waals surface area contributed by atoms with Crippen LogP contribution in [0.15, 0.2) is 36.4 Å². The lowest BCUT2D eigenvalue weighted by atomic mass is 10.0. The van der Waals surface area contributed by atoms with Crippen LogP contribution in [0.25, 0.3) is 10.8 Å². The Balaban J connectivity index is 1.75. The van der Waals surface area contributed by atoms with Crippen molar-refractivity contribution >= 4 is 16.6 Å². The van der Waals surface area contributed by atoms with E-state index in [2.05, 4.69) is 41.3 Å². The monoisotopic (exact) mass is 251 g/mol. The molecule has 2 aliphatic rings. The Kier molecular flexibility index (Phi) is 2.46. The van der Waals surface area contributed by atoms with E-state index >= 15 is 0 Å². The van der Waals surface area contributed by atoms with Crippen molar-refractivity contribution in [2.75, 3.05) is 13.1 Å². The Bertz CT molecular complexity index is 646. The standard InChI is InChI=1S/C17H17NO/c19-14-7-9-18(10-8-14)16-11-13-5-1-3-12-4-2-6-15(16)17(12)13/h1-6,16H,7-11H2/t16-/m0/s1. The van der Waals surface area contributed by atoms with Gasteiger partial charge in [-0.3, -0.25) is 9.69 Å². The number of hydrogen-bond donors (Lipinski definition) is 0. The molecule has 1 fully saturated rings. The van der Waals surface area contributed by atoms with Crippen molar-refractivity contribution in [3.8, 4) is 0 Å². The fraction of sp³-hybridized carbons (Fsp3) is 0.353. The fourth-order valence-electron chi connectivity index (χ4n) is 3.63. The first kappa shape index (κ1) is 11.2. The molecule has 1 aliphatic carbocycles. The predicted octanol–water partition coefficient (Wildman–Crippen LogP) is 3.10. The van der Waals surface area contributed by atoms with E-state index in [0.29, 0.717) is 11.8 Å². The van der Waals surface area contributed by atoms with Gasteiger partial charge in [0, 0.05) is 32.0 Å². The van der Waals surface area contributed by atoms with E-state index in [1.54, 1.807) is 0 Å². The van der Waals surface area contributed by atoms with Gasteiger partial charge in [0.1, 0.15) is 5.78 Å². The van der Waals surface area contributed by atoms with Gasteiger partial charge < -0.3 is 0 Å². The van der Waals surface area contributed by atoms with Gasteiger partial charge in [-0.1, -0.05) is 36.4 Å². The zero-order valence-corrected chi connectivity index (χ0v) is 10.9. The number of carbonyl (C=O) groups is 1. The first-order chi connectivity index (χ1) is 9.33. The molecule has 1 aliphatic heterocycles. The van der Waals surface area contributed by atoms with Crippen LogP contribution in [0.2, 0.25) is 0 Å². The van der Waals surface area contributed by atoms with Crippen molar-refractivity contribution in [3.63, 3.8) is 0 Å². The van der Waals surface area contributed by atoms with Crippen LogP contribution in [0.5, 0.6) is 0 Å². The molecular formula is C17H17NO. The van der Waals surface area contributed by atoms with E-state index in [0.717, 1.165) is 32.4 Å². The number of ketones is 1. The molecule has 0 aromatic heterocycles. The summed E-state index contributed by atoms with van der Waals surface area (Å²) in [5.74, 6) is 0.421. The number of hydrogen-bond acceptors (Lipinski definition) is 2. The van der Waals surface area contributed by atoms with Crippen LogP contribution in [0.4, 0.5) is 0 Å². The van der Waals surface area contributed by atoms with E-state index in [-0.39, 0.29) is 0 Å². The summed E-state index contributed by atoms with van der Waals surface area (Å²) in [7, 11) is 0. The molecular weight excluding hydrogens is 234 g/mol. The van der Waals surface area contributed by atoms with Gasteiger partial charge in [0.25, 0.3) is 0 Å². The third-order valence-electron chi connectivity index (χ3n) is 4.59. The largest absolute Gasteiger partial charge is 0.300 e. The quantitative estimate of drug-likeness (QED) is 0.776. The highest BCUT2D eigenvalue weighted by Crippen LogP contribution is 2.40. The molecule has 0 radical (unpaired) electrons. The van der Waals surface area contributed by atoms with Gasteiger partial charge >= 0.3 is 0 Å². The molecule has 0 bridgehead atoms. The van der Waals surface area contributed by atoms with Crippen LogP contribution in [0.3, 0.4) is 0 Å². The zero-order valence-electron chi connectivity index (χ0n) is 10.9. The molecule has 96 valence electrons. The maximum atomic E-state index is 11.4. The molecule has 1 atom stereocenters.